The first-order valence-corrected chi connectivity index (χ1v) is 7.78. The summed E-state index contributed by atoms with van der Waals surface area (Å²) >= 11 is 12.1. The predicted molar refractivity (Wildman–Crippen MR) is 93.4 cm³/mol. The van der Waals surface area contributed by atoms with Crippen molar-refractivity contribution < 1.29 is 14.5 Å². The monoisotopic (exact) mass is 381 g/mol. The molecule has 0 fully saturated rings. The third kappa shape index (κ3) is 3.96. The van der Waals surface area contributed by atoms with Gasteiger partial charge in [0, 0.05) is 17.2 Å². The Bertz CT molecular complexity index is 856. The highest BCUT2D eigenvalue weighted by Gasteiger charge is 2.25. The van der Waals surface area contributed by atoms with E-state index in [9.17, 15) is 19.7 Å². The van der Waals surface area contributed by atoms with Gasteiger partial charge < -0.3 is 0 Å². The van der Waals surface area contributed by atoms with Gasteiger partial charge in [0.25, 0.3) is 11.6 Å². The van der Waals surface area contributed by atoms with Crippen molar-refractivity contribution in [3.63, 3.8) is 0 Å². The van der Waals surface area contributed by atoms with E-state index in [0.717, 1.165) is 6.07 Å². The summed E-state index contributed by atoms with van der Waals surface area (Å²) in [5.74, 6) is 4.17. The van der Waals surface area contributed by atoms with Gasteiger partial charge in [0.2, 0.25) is 5.91 Å². The van der Waals surface area contributed by atoms with Crippen LogP contribution in [-0.4, -0.2) is 21.7 Å². The molecule has 0 aromatic heterocycles. The van der Waals surface area contributed by atoms with Crippen molar-refractivity contribution in [2.24, 2.45) is 5.84 Å². The lowest BCUT2D eigenvalue weighted by molar-refractivity contribution is -0.385. The van der Waals surface area contributed by atoms with Crippen LogP contribution in [-0.2, 0) is 11.2 Å². The first-order valence-electron chi connectivity index (χ1n) is 7.03. The summed E-state index contributed by atoms with van der Waals surface area (Å²) in [6.45, 7) is 1.44. The van der Waals surface area contributed by atoms with Gasteiger partial charge in [-0.05, 0) is 24.6 Å². The number of carbonyl (C=O) groups excluding carboxylic acids is 2. The minimum absolute atomic E-state index is 0.00638. The van der Waals surface area contributed by atoms with Gasteiger partial charge in [0.15, 0.2) is 0 Å². The third-order valence-electron chi connectivity index (χ3n) is 3.56. The molecule has 2 N–H and O–H groups in total. The summed E-state index contributed by atoms with van der Waals surface area (Å²) in [4.78, 5) is 34.8. The van der Waals surface area contributed by atoms with E-state index in [1.54, 1.807) is 18.2 Å². The highest BCUT2D eigenvalue weighted by atomic mass is 35.5. The molecule has 25 heavy (non-hydrogen) atoms. The molecule has 0 aliphatic rings. The number of benzene rings is 2. The normalized spacial score (nSPS) is 10.4. The summed E-state index contributed by atoms with van der Waals surface area (Å²) in [6, 6.07) is 9.15. The molecule has 2 rings (SSSR count). The molecular formula is C16H13Cl2N3O4. The fourth-order valence-electron chi connectivity index (χ4n) is 2.18. The Balaban J connectivity index is 2.27. The summed E-state index contributed by atoms with van der Waals surface area (Å²) in [5, 5.41) is 11.4. The number of hydrogen-bond acceptors (Lipinski definition) is 5. The van der Waals surface area contributed by atoms with Crippen molar-refractivity contribution in [3.05, 3.63) is 73.2 Å². The Morgan fingerprint density at radius 3 is 2.40 bits per heavy atom. The van der Waals surface area contributed by atoms with Crippen LogP contribution in [0.5, 0.6) is 0 Å². The number of imide groups is 1. The highest BCUT2D eigenvalue weighted by Crippen LogP contribution is 2.35. The largest absolute Gasteiger partial charge is 0.275 e. The van der Waals surface area contributed by atoms with Crippen LogP contribution >= 0.6 is 23.2 Å². The molecular weight excluding hydrogens is 369 g/mol. The van der Waals surface area contributed by atoms with Gasteiger partial charge in [-0.25, -0.2) is 10.9 Å². The second-order valence-corrected chi connectivity index (χ2v) is 5.95. The Kier molecular flexibility index (Phi) is 5.73. The number of nitro groups is 1. The van der Waals surface area contributed by atoms with E-state index in [-0.39, 0.29) is 38.8 Å². The summed E-state index contributed by atoms with van der Waals surface area (Å²) in [7, 11) is 0. The molecule has 2 amide bonds. The van der Waals surface area contributed by atoms with Gasteiger partial charge in [-0.3, -0.25) is 19.7 Å². The maximum atomic E-state index is 12.3. The average molecular weight is 382 g/mol. The van der Waals surface area contributed by atoms with Gasteiger partial charge in [-0.15, -0.1) is 0 Å². The number of nitro benzene ring substituents is 1. The van der Waals surface area contributed by atoms with Crippen LogP contribution < -0.4 is 5.84 Å². The van der Waals surface area contributed by atoms with Crippen molar-refractivity contribution in [2.75, 3.05) is 0 Å². The number of nitrogens with two attached hydrogens (primary N) is 1. The fraction of sp³-hybridized carbons (Fsp3) is 0.125. The van der Waals surface area contributed by atoms with Crippen LogP contribution in [0.15, 0.2) is 36.4 Å². The maximum Gasteiger partial charge on any atom is 0.275 e. The minimum Gasteiger partial charge on any atom is -0.273 e. The van der Waals surface area contributed by atoms with E-state index in [1.165, 1.54) is 19.1 Å². The van der Waals surface area contributed by atoms with E-state index in [4.69, 9.17) is 29.0 Å². The molecule has 0 bridgehead atoms. The number of halogens is 2. The lowest BCUT2D eigenvalue weighted by Gasteiger charge is -2.16. The van der Waals surface area contributed by atoms with Crippen molar-refractivity contribution in [1.29, 1.82) is 0 Å². The van der Waals surface area contributed by atoms with Crippen LogP contribution in [0.4, 0.5) is 5.69 Å². The molecule has 0 saturated carbocycles. The van der Waals surface area contributed by atoms with E-state index in [1.807, 2.05) is 0 Å². The van der Waals surface area contributed by atoms with E-state index < -0.39 is 16.7 Å². The van der Waals surface area contributed by atoms with Crippen LogP contribution in [0.1, 0.15) is 21.5 Å². The lowest BCUT2D eigenvalue weighted by Crippen LogP contribution is -2.43. The first kappa shape index (κ1) is 18.9. The van der Waals surface area contributed by atoms with Crippen LogP contribution in [0, 0.1) is 17.0 Å². The number of nitrogens with zero attached hydrogens (tertiary/aromatic N) is 2. The molecule has 2 aromatic rings. The zero-order valence-electron chi connectivity index (χ0n) is 13.0. The van der Waals surface area contributed by atoms with E-state index >= 15 is 0 Å². The SMILES string of the molecule is Cc1c([N+](=O)[O-])cc(Cl)c(CC(=O)N(N)C(=O)c2ccccc2)c1Cl. The van der Waals surface area contributed by atoms with Gasteiger partial charge in [-0.1, -0.05) is 41.4 Å². The van der Waals surface area contributed by atoms with Crippen molar-refractivity contribution in [2.45, 2.75) is 13.3 Å². The van der Waals surface area contributed by atoms with Gasteiger partial charge in [0.1, 0.15) is 0 Å². The minimum atomic E-state index is -0.745. The Morgan fingerprint density at radius 2 is 1.84 bits per heavy atom. The van der Waals surface area contributed by atoms with Gasteiger partial charge in [0.05, 0.1) is 21.4 Å². The molecule has 0 spiro atoms. The summed E-state index contributed by atoms with van der Waals surface area (Å²) in [6.07, 6.45) is -0.369. The van der Waals surface area contributed by atoms with Crippen LogP contribution in [0.25, 0.3) is 0 Å². The molecule has 7 nitrogen and oxygen atoms in total. The van der Waals surface area contributed by atoms with Crippen LogP contribution in [0.2, 0.25) is 10.0 Å². The van der Waals surface area contributed by atoms with Gasteiger partial charge >= 0.3 is 0 Å². The number of hydrazine groups is 1. The molecule has 0 aliphatic carbocycles. The predicted octanol–water partition coefficient (Wildman–Crippen LogP) is 3.30. The Labute approximate surface area is 153 Å². The topological polar surface area (TPSA) is 107 Å². The van der Waals surface area contributed by atoms with Crippen molar-refractivity contribution in [3.8, 4) is 0 Å². The number of rotatable bonds is 4. The molecule has 9 heteroatoms. The quantitative estimate of drug-likeness (QED) is 0.378. The Morgan fingerprint density at radius 1 is 1.24 bits per heavy atom. The third-order valence-corrected chi connectivity index (χ3v) is 4.41. The second kappa shape index (κ2) is 7.60. The van der Waals surface area contributed by atoms with E-state index in [2.05, 4.69) is 0 Å². The molecule has 130 valence electrons. The average Bonchev–Trinajstić information content (AvgIpc) is 2.60. The number of amides is 2. The lowest BCUT2D eigenvalue weighted by atomic mass is 10.1. The molecule has 0 aliphatic heterocycles. The smallest absolute Gasteiger partial charge is 0.273 e. The number of carbonyl (C=O) groups is 2. The maximum absolute atomic E-state index is 12.3. The standard InChI is InChI=1S/C16H13Cl2N3O4/c1-9-13(21(24)25)8-12(17)11(15(9)18)7-14(22)20(19)16(23)10-5-3-2-4-6-10/h2-6,8H,7,19H2,1H3. The zero-order valence-corrected chi connectivity index (χ0v) is 14.5. The fourth-order valence-corrected chi connectivity index (χ4v) is 2.76. The first-order chi connectivity index (χ1) is 11.7. The van der Waals surface area contributed by atoms with E-state index in [0.29, 0.717) is 5.01 Å². The van der Waals surface area contributed by atoms with Gasteiger partial charge in [-0.2, -0.15) is 0 Å². The highest BCUT2D eigenvalue weighted by molar-refractivity contribution is 6.37. The molecule has 0 atom stereocenters. The second-order valence-electron chi connectivity index (χ2n) is 5.16. The molecule has 0 radical (unpaired) electrons. The van der Waals surface area contributed by atoms with Crippen molar-refractivity contribution >= 4 is 40.7 Å². The molecule has 0 heterocycles. The molecule has 0 unspecified atom stereocenters. The van der Waals surface area contributed by atoms with Crippen LogP contribution in [0.3, 0.4) is 0 Å². The molecule has 2 aromatic carbocycles. The Hall–Kier alpha value is -2.48. The van der Waals surface area contributed by atoms with Crippen molar-refractivity contribution in [1.82, 2.24) is 5.01 Å². The number of hydrogen-bond donors (Lipinski definition) is 1. The molecule has 0 saturated heterocycles. The summed E-state index contributed by atoms with van der Waals surface area (Å²) in [5.41, 5.74) is 0.344. The zero-order chi connectivity index (χ0) is 18.7. The summed E-state index contributed by atoms with van der Waals surface area (Å²) < 4.78 is 0.